The van der Waals surface area contributed by atoms with E-state index in [9.17, 15) is 17.3 Å². The number of nitrogens with zero attached hydrogens (tertiary/aromatic N) is 4. The quantitative estimate of drug-likeness (QED) is 0.249. The topological polar surface area (TPSA) is 34.6 Å². The number of hydrogen-bond donors (Lipinski definition) is 0. The lowest BCUT2D eigenvalue weighted by Gasteiger charge is -2.23. The number of benzene rings is 2. The molecular weight excluding hydrogens is 419 g/mol. The summed E-state index contributed by atoms with van der Waals surface area (Å²) < 4.78 is 43.2. The molecule has 0 fully saturated rings. The van der Waals surface area contributed by atoms with Crippen LogP contribution >= 0.6 is 0 Å². The second kappa shape index (κ2) is 9.34. The first-order chi connectivity index (χ1) is 15.4. The van der Waals surface area contributed by atoms with Gasteiger partial charge in [-0.1, -0.05) is 71.4 Å². The van der Waals surface area contributed by atoms with Gasteiger partial charge in [0.05, 0.1) is 6.04 Å². The third kappa shape index (κ3) is 5.22. The van der Waals surface area contributed by atoms with Crippen LogP contribution in [0.4, 0.5) is 17.3 Å². The maximum absolute atomic E-state index is 9.75. The average molecular weight is 440 g/mol. The van der Waals surface area contributed by atoms with Crippen molar-refractivity contribution in [2.75, 3.05) is 0 Å². The van der Waals surface area contributed by atoms with E-state index in [1.807, 2.05) is 22.9 Å². The molecule has 0 bridgehead atoms. The van der Waals surface area contributed by atoms with Gasteiger partial charge in [0, 0.05) is 29.7 Å². The molecule has 164 valence electrons. The second-order valence-electron chi connectivity index (χ2n) is 7.47. The van der Waals surface area contributed by atoms with Crippen molar-refractivity contribution in [2.45, 2.75) is 24.8 Å². The Balaban J connectivity index is 0.000000444. The number of pyridine rings is 1. The van der Waals surface area contributed by atoms with Crippen LogP contribution in [0.15, 0.2) is 91.4 Å². The van der Waals surface area contributed by atoms with Gasteiger partial charge in [-0.2, -0.15) is 0 Å². The summed E-state index contributed by atoms with van der Waals surface area (Å²) in [5.74, 6) is 2.29. The molecule has 4 nitrogen and oxygen atoms in total. The van der Waals surface area contributed by atoms with E-state index in [2.05, 4.69) is 76.5 Å². The van der Waals surface area contributed by atoms with Gasteiger partial charge in [-0.15, -0.1) is 0 Å². The van der Waals surface area contributed by atoms with Crippen molar-refractivity contribution in [3.05, 3.63) is 108 Å². The molecule has 0 amide bonds. The van der Waals surface area contributed by atoms with Crippen molar-refractivity contribution in [2.24, 2.45) is 0 Å². The summed E-state index contributed by atoms with van der Waals surface area (Å²) in [6.45, 7) is 0. The van der Waals surface area contributed by atoms with E-state index in [0.29, 0.717) is 12.0 Å². The molecule has 9 heteroatoms. The summed E-state index contributed by atoms with van der Waals surface area (Å²) in [6.07, 6.45) is 6.00. The molecule has 1 aliphatic rings. The van der Waals surface area contributed by atoms with Crippen LogP contribution in [0.25, 0.3) is 5.82 Å². The number of aryl methyl sites for hydroxylation is 1. The van der Waals surface area contributed by atoms with Crippen LogP contribution in [0.3, 0.4) is 0 Å². The molecule has 5 rings (SSSR count). The number of hydrogen-bond acceptors (Lipinski definition) is 2. The van der Waals surface area contributed by atoms with E-state index in [1.165, 1.54) is 11.1 Å². The molecule has 0 spiro atoms. The van der Waals surface area contributed by atoms with Crippen LogP contribution in [0.5, 0.6) is 0 Å². The fourth-order valence-corrected chi connectivity index (χ4v) is 4.14. The third-order valence-corrected chi connectivity index (χ3v) is 5.36. The molecule has 1 atom stereocenters. The van der Waals surface area contributed by atoms with Gasteiger partial charge in [-0.25, -0.2) is 9.55 Å². The van der Waals surface area contributed by atoms with Crippen molar-refractivity contribution >= 4 is 7.25 Å². The van der Waals surface area contributed by atoms with Gasteiger partial charge >= 0.3 is 7.25 Å². The Hall–Kier alpha value is -3.49. The minimum atomic E-state index is -6.00. The van der Waals surface area contributed by atoms with E-state index in [1.54, 1.807) is 6.20 Å². The Morgan fingerprint density at radius 3 is 1.94 bits per heavy atom. The number of aromatic nitrogens is 4. The van der Waals surface area contributed by atoms with Crippen LogP contribution in [-0.2, 0) is 6.42 Å². The van der Waals surface area contributed by atoms with Crippen molar-refractivity contribution in [1.29, 1.82) is 0 Å². The lowest BCUT2D eigenvalue weighted by Crippen LogP contribution is -2.40. The van der Waals surface area contributed by atoms with E-state index < -0.39 is 7.25 Å². The normalized spacial score (nSPS) is 15.2. The summed E-state index contributed by atoms with van der Waals surface area (Å²) >= 11 is 0. The number of halogens is 4. The maximum atomic E-state index is 9.75. The predicted molar refractivity (Wildman–Crippen MR) is 114 cm³/mol. The Kier molecular flexibility index (Phi) is 6.34. The number of rotatable bonds is 4. The highest BCUT2D eigenvalue weighted by Crippen LogP contribution is 2.37. The zero-order valence-electron chi connectivity index (χ0n) is 17.1. The largest absolute Gasteiger partial charge is 0.673 e. The molecule has 32 heavy (non-hydrogen) atoms. The SMILES string of the molecule is F[B-](F)(F)F.c1ccc(C(c2ccccc2)[C@@H]2CCc3nn(-c4ccccn4)c[n+]32)cc1. The van der Waals surface area contributed by atoms with Crippen molar-refractivity contribution in [1.82, 2.24) is 14.8 Å². The molecule has 0 unspecified atom stereocenters. The lowest BCUT2D eigenvalue weighted by molar-refractivity contribution is -0.718. The van der Waals surface area contributed by atoms with E-state index in [-0.39, 0.29) is 0 Å². The first-order valence-electron chi connectivity index (χ1n) is 10.3. The molecule has 1 aliphatic heterocycles. The predicted octanol–water partition coefficient (Wildman–Crippen LogP) is 5.17. The Morgan fingerprint density at radius 1 is 0.844 bits per heavy atom. The van der Waals surface area contributed by atoms with Crippen molar-refractivity contribution in [3.63, 3.8) is 0 Å². The van der Waals surface area contributed by atoms with Gasteiger partial charge in [0.2, 0.25) is 12.1 Å². The molecule has 0 saturated heterocycles. The van der Waals surface area contributed by atoms with Gasteiger partial charge in [0.1, 0.15) is 0 Å². The molecule has 4 aromatic rings. The second-order valence-corrected chi connectivity index (χ2v) is 7.47. The summed E-state index contributed by atoms with van der Waals surface area (Å²) in [6, 6.07) is 27.9. The summed E-state index contributed by atoms with van der Waals surface area (Å²) in [7, 11) is -6.00. The minimum absolute atomic E-state index is 0.306. The highest BCUT2D eigenvalue weighted by molar-refractivity contribution is 6.50. The zero-order valence-corrected chi connectivity index (χ0v) is 17.1. The summed E-state index contributed by atoms with van der Waals surface area (Å²) in [5, 5.41) is 4.80. The van der Waals surface area contributed by atoms with Gasteiger partial charge in [-0.3, -0.25) is 0 Å². The Morgan fingerprint density at radius 2 is 1.41 bits per heavy atom. The van der Waals surface area contributed by atoms with Crippen molar-refractivity contribution in [3.8, 4) is 5.82 Å². The maximum Gasteiger partial charge on any atom is 0.673 e. The summed E-state index contributed by atoms with van der Waals surface area (Å²) in [4.78, 5) is 4.44. The molecule has 0 aliphatic carbocycles. The van der Waals surface area contributed by atoms with Crippen LogP contribution < -0.4 is 4.57 Å². The standard InChI is InChI=1S/C23H21N4.BF4/c1-3-9-18(10-4-1)23(19-11-5-2-6-12-19)20-14-15-22-25-27(17-26(20)22)21-13-7-8-16-24-21;2-1(3,4)5/h1-13,16-17,20,23H,14-15H2;/q+1;-1/t20-;/m0./s1. The number of fused-ring (bicyclic) bond motifs is 1. The van der Waals surface area contributed by atoms with Gasteiger partial charge in [0.25, 0.3) is 5.82 Å². The molecule has 0 N–H and O–H groups in total. The minimum Gasteiger partial charge on any atom is -0.418 e. The fraction of sp³-hybridized carbons (Fsp3) is 0.174. The van der Waals surface area contributed by atoms with Gasteiger partial charge in [-0.05, 0) is 23.6 Å². The molecule has 2 aromatic carbocycles. The summed E-state index contributed by atoms with van der Waals surface area (Å²) in [5.41, 5.74) is 2.69. The zero-order chi connectivity index (χ0) is 22.6. The monoisotopic (exact) mass is 440 g/mol. The molecule has 2 aromatic heterocycles. The first kappa shape index (κ1) is 21.7. The van der Waals surface area contributed by atoms with Crippen LogP contribution in [0.1, 0.15) is 35.3 Å². The molecule has 0 radical (unpaired) electrons. The van der Waals surface area contributed by atoms with Crippen LogP contribution in [0, 0.1) is 0 Å². The first-order valence-corrected chi connectivity index (χ1v) is 10.3. The lowest BCUT2D eigenvalue weighted by atomic mass is 9.84. The smallest absolute Gasteiger partial charge is 0.418 e. The Bertz CT molecular complexity index is 1090. The van der Waals surface area contributed by atoms with Crippen LogP contribution in [0.2, 0.25) is 0 Å². The Labute approximate surface area is 183 Å². The fourth-order valence-electron chi connectivity index (χ4n) is 4.14. The van der Waals surface area contributed by atoms with E-state index in [4.69, 9.17) is 5.10 Å². The van der Waals surface area contributed by atoms with Crippen LogP contribution in [-0.4, -0.2) is 22.0 Å². The van der Waals surface area contributed by atoms with Gasteiger partial charge < -0.3 is 17.3 Å². The average Bonchev–Trinajstić information content (AvgIpc) is 3.37. The molecular formula is C23H21BF4N4. The highest BCUT2D eigenvalue weighted by atomic mass is 19.5. The molecule has 3 heterocycles. The molecule has 0 saturated carbocycles. The van der Waals surface area contributed by atoms with E-state index >= 15 is 0 Å². The van der Waals surface area contributed by atoms with Gasteiger partial charge in [0.15, 0.2) is 0 Å². The van der Waals surface area contributed by atoms with E-state index in [0.717, 1.165) is 24.5 Å². The highest BCUT2D eigenvalue weighted by Gasteiger charge is 2.38. The van der Waals surface area contributed by atoms with Crippen molar-refractivity contribution < 1.29 is 21.8 Å². The third-order valence-electron chi connectivity index (χ3n) is 5.36.